The Morgan fingerprint density at radius 2 is 1.85 bits per heavy atom. The molecule has 2 N–H and O–H groups in total. The Labute approximate surface area is 238 Å². The number of aryl methyl sites for hydroxylation is 2. The smallest absolute Gasteiger partial charge is 0.227 e. The van der Waals surface area contributed by atoms with Crippen LogP contribution in [0.4, 0.5) is 22.0 Å². The molecule has 4 aliphatic heterocycles. The molecule has 4 saturated heterocycles. The van der Waals surface area contributed by atoms with E-state index < -0.39 is 0 Å². The van der Waals surface area contributed by atoms with E-state index in [1.165, 1.54) is 29.1 Å². The Balaban J connectivity index is 0.947. The molecule has 0 radical (unpaired) electrons. The highest BCUT2D eigenvalue weighted by Crippen LogP contribution is 2.40. The minimum atomic E-state index is -0.362. The first-order valence-corrected chi connectivity index (χ1v) is 14.4. The first-order valence-electron chi connectivity index (χ1n) is 14.4. The van der Waals surface area contributed by atoms with Crippen LogP contribution in [0, 0.1) is 19.7 Å². The molecule has 0 spiro atoms. The van der Waals surface area contributed by atoms with Gasteiger partial charge in [-0.15, -0.1) is 0 Å². The summed E-state index contributed by atoms with van der Waals surface area (Å²) in [6.07, 6.45) is 7.87. The van der Waals surface area contributed by atoms with Crippen molar-refractivity contribution in [1.29, 1.82) is 0 Å². The molecule has 4 aromatic rings. The zero-order chi connectivity index (χ0) is 28.1. The summed E-state index contributed by atoms with van der Waals surface area (Å²) >= 11 is 0. The molecule has 41 heavy (non-hydrogen) atoms. The standard InChI is InChI=1S/C29H36FN11/c1-19-10-25(34-26-11-20(2)36-37-26)35-28(33-19)38-8-6-29(3,7-9-38)39-17-23-12-24(18-39)40(23)15-21-4-5-27(31-13-21)41-16-22(30)14-32-41/h4-5,10-11,13-14,16,23-24H,6-9,12,15,17-18H2,1-3H3,(H2,33,34,35,36,37). The van der Waals surface area contributed by atoms with Gasteiger partial charge in [-0.05, 0) is 51.7 Å². The van der Waals surface area contributed by atoms with Crippen LogP contribution in [-0.2, 0) is 6.54 Å². The van der Waals surface area contributed by atoms with Crippen LogP contribution in [0.2, 0.25) is 0 Å². The fourth-order valence-electron chi connectivity index (χ4n) is 6.55. The van der Waals surface area contributed by atoms with E-state index in [1.54, 1.807) is 0 Å². The molecule has 0 aliphatic carbocycles. The lowest BCUT2D eigenvalue weighted by atomic mass is 9.80. The van der Waals surface area contributed by atoms with Gasteiger partial charge in [0.2, 0.25) is 5.95 Å². The molecular weight excluding hydrogens is 521 g/mol. The maximum absolute atomic E-state index is 13.3. The summed E-state index contributed by atoms with van der Waals surface area (Å²) in [7, 11) is 0. The number of hydrogen-bond donors (Lipinski definition) is 2. The first kappa shape index (κ1) is 26.0. The summed E-state index contributed by atoms with van der Waals surface area (Å²) in [5.41, 5.74) is 3.30. The second-order valence-electron chi connectivity index (χ2n) is 12.0. The van der Waals surface area contributed by atoms with E-state index in [0.29, 0.717) is 17.9 Å². The summed E-state index contributed by atoms with van der Waals surface area (Å²) in [6.45, 7) is 11.4. The average Bonchev–Trinajstić information content (AvgIpc) is 3.59. The normalized spacial score (nSPS) is 22.5. The number of piperazine rings is 1. The van der Waals surface area contributed by atoms with Gasteiger partial charge in [-0.1, -0.05) is 6.07 Å². The second kappa shape index (κ2) is 10.2. The largest absolute Gasteiger partial charge is 0.341 e. The van der Waals surface area contributed by atoms with Crippen LogP contribution in [-0.4, -0.2) is 88.5 Å². The van der Waals surface area contributed by atoms with E-state index >= 15 is 0 Å². The summed E-state index contributed by atoms with van der Waals surface area (Å²) in [5, 5.41) is 14.5. The molecule has 12 heteroatoms. The fourth-order valence-corrected chi connectivity index (χ4v) is 6.55. The molecule has 2 bridgehead atoms. The van der Waals surface area contributed by atoms with Crippen LogP contribution in [0.1, 0.15) is 43.1 Å². The number of nitrogens with zero attached hydrogens (tertiary/aromatic N) is 9. The fraction of sp³-hybridized carbons (Fsp3) is 0.483. The Morgan fingerprint density at radius 3 is 2.51 bits per heavy atom. The van der Waals surface area contributed by atoms with Crippen molar-refractivity contribution < 1.29 is 4.39 Å². The maximum Gasteiger partial charge on any atom is 0.227 e. The minimum Gasteiger partial charge on any atom is -0.341 e. The van der Waals surface area contributed by atoms with Crippen molar-refractivity contribution >= 4 is 17.6 Å². The number of anilines is 3. The van der Waals surface area contributed by atoms with Crippen molar-refractivity contribution in [2.45, 2.75) is 64.2 Å². The molecule has 0 amide bonds. The van der Waals surface area contributed by atoms with Gasteiger partial charge in [0, 0.05) is 80.1 Å². The van der Waals surface area contributed by atoms with E-state index in [1.807, 2.05) is 38.2 Å². The molecule has 11 nitrogen and oxygen atoms in total. The number of fused-ring (bicyclic) bond motifs is 2. The van der Waals surface area contributed by atoms with E-state index in [0.717, 1.165) is 74.5 Å². The summed E-state index contributed by atoms with van der Waals surface area (Å²) < 4.78 is 14.8. The molecule has 0 saturated carbocycles. The Bertz CT molecular complexity index is 1510. The van der Waals surface area contributed by atoms with Gasteiger partial charge >= 0.3 is 0 Å². The number of rotatable bonds is 7. The third-order valence-electron chi connectivity index (χ3n) is 9.00. The molecule has 4 fully saturated rings. The second-order valence-corrected chi connectivity index (χ2v) is 12.0. The van der Waals surface area contributed by atoms with Crippen molar-refractivity contribution in [3.63, 3.8) is 0 Å². The number of H-pyrrole nitrogens is 1. The molecule has 0 aromatic carbocycles. The van der Waals surface area contributed by atoms with Crippen LogP contribution in [0.25, 0.3) is 5.82 Å². The highest BCUT2D eigenvalue weighted by atomic mass is 19.1. The maximum atomic E-state index is 13.3. The number of aromatic nitrogens is 7. The van der Waals surface area contributed by atoms with Gasteiger partial charge < -0.3 is 10.2 Å². The number of nitrogens with one attached hydrogen (secondary N) is 2. The molecule has 4 aromatic heterocycles. The van der Waals surface area contributed by atoms with Crippen LogP contribution >= 0.6 is 0 Å². The van der Waals surface area contributed by atoms with Crippen molar-refractivity contribution in [2.75, 3.05) is 36.4 Å². The van der Waals surface area contributed by atoms with Gasteiger partial charge in [0.05, 0.1) is 12.4 Å². The van der Waals surface area contributed by atoms with E-state index in [-0.39, 0.29) is 11.4 Å². The topological polar surface area (TPSA) is 107 Å². The van der Waals surface area contributed by atoms with E-state index in [9.17, 15) is 4.39 Å². The lowest BCUT2D eigenvalue weighted by Crippen LogP contribution is -2.72. The van der Waals surface area contributed by atoms with Gasteiger partial charge in [-0.2, -0.15) is 15.2 Å². The monoisotopic (exact) mass is 557 g/mol. The van der Waals surface area contributed by atoms with Crippen molar-refractivity contribution in [3.05, 3.63) is 65.6 Å². The average molecular weight is 558 g/mol. The van der Waals surface area contributed by atoms with Gasteiger partial charge in [-0.3, -0.25) is 14.9 Å². The SMILES string of the molecule is Cc1cc(Nc2cc(C)[nH]n2)nc(N2CCC(C)(N3CC4CC(C3)N4Cc3ccc(-n4cc(F)cn4)nc3)CC2)n1. The van der Waals surface area contributed by atoms with E-state index in [4.69, 9.17) is 9.97 Å². The van der Waals surface area contributed by atoms with Gasteiger partial charge in [0.1, 0.15) is 5.82 Å². The van der Waals surface area contributed by atoms with Crippen molar-refractivity contribution in [2.24, 2.45) is 0 Å². The van der Waals surface area contributed by atoms with Crippen molar-refractivity contribution in [1.82, 2.24) is 44.7 Å². The Kier molecular flexibility index (Phi) is 6.46. The van der Waals surface area contributed by atoms with Crippen LogP contribution < -0.4 is 10.2 Å². The number of pyridine rings is 1. The number of piperidine rings is 2. The van der Waals surface area contributed by atoms with Crippen LogP contribution in [0.15, 0.2) is 42.9 Å². The Hall–Kier alpha value is -3.90. The van der Waals surface area contributed by atoms with Gasteiger partial charge in [0.25, 0.3) is 0 Å². The molecule has 214 valence electrons. The highest BCUT2D eigenvalue weighted by molar-refractivity contribution is 5.54. The highest BCUT2D eigenvalue weighted by Gasteiger charge is 2.49. The van der Waals surface area contributed by atoms with E-state index in [2.05, 4.69) is 53.3 Å². The lowest BCUT2D eigenvalue weighted by Gasteiger charge is -2.61. The van der Waals surface area contributed by atoms with Crippen LogP contribution in [0.3, 0.4) is 0 Å². The summed E-state index contributed by atoms with van der Waals surface area (Å²) in [6, 6.07) is 9.05. The van der Waals surface area contributed by atoms with Gasteiger partial charge in [-0.25, -0.2) is 19.0 Å². The molecular formula is C29H36FN11. The zero-order valence-corrected chi connectivity index (χ0v) is 23.8. The predicted molar refractivity (Wildman–Crippen MR) is 154 cm³/mol. The molecule has 8 heterocycles. The lowest BCUT2D eigenvalue weighted by molar-refractivity contribution is -0.110. The zero-order valence-electron chi connectivity index (χ0n) is 23.8. The predicted octanol–water partition coefficient (Wildman–Crippen LogP) is 3.60. The number of hydrogen-bond acceptors (Lipinski definition) is 9. The third kappa shape index (κ3) is 5.17. The summed E-state index contributed by atoms with van der Waals surface area (Å²) in [4.78, 5) is 21.8. The third-order valence-corrected chi connectivity index (χ3v) is 9.00. The van der Waals surface area contributed by atoms with Crippen molar-refractivity contribution in [3.8, 4) is 5.82 Å². The number of halogens is 1. The minimum absolute atomic E-state index is 0.180. The van der Waals surface area contributed by atoms with Crippen LogP contribution in [0.5, 0.6) is 0 Å². The molecule has 2 atom stereocenters. The quantitative estimate of drug-likeness (QED) is 0.353. The number of aromatic amines is 1. The molecule has 2 unspecified atom stereocenters. The van der Waals surface area contributed by atoms with Gasteiger partial charge in [0.15, 0.2) is 17.5 Å². The molecule has 8 rings (SSSR count). The summed E-state index contributed by atoms with van der Waals surface area (Å²) in [5.74, 6) is 2.58. The first-order chi connectivity index (χ1) is 19.8. The molecule has 4 aliphatic rings. The Morgan fingerprint density at radius 1 is 1.05 bits per heavy atom.